The third-order valence-electron chi connectivity index (χ3n) is 6.96. The Hall–Kier alpha value is -4.23. The fourth-order valence-electron chi connectivity index (χ4n) is 4.95. The molecule has 2 heterocycles. The van der Waals surface area contributed by atoms with Gasteiger partial charge in [-0.15, -0.1) is 0 Å². The Kier molecular flexibility index (Phi) is 8.38. The maximum Gasteiger partial charge on any atom is 0.137 e. The summed E-state index contributed by atoms with van der Waals surface area (Å²) in [6.45, 7) is 11.9. The molecule has 0 radical (unpaired) electrons. The van der Waals surface area contributed by atoms with E-state index in [4.69, 9.17) is 0 Å². The summed E-state index contributed by atoms with van der Waals surface area (Å²) >= 11 is 0. The molecule has 0 amide bonds. The van der Waals surface area contributed by atoms with Crippen molar-refractivity contribution < 1.29 is 4.39 Å². The molecular formula is C34H34FN3. The topological polar surface area (TPSA) is 41.1 Å². The quantitative estimate of drug-likeness (QED) is 0.194. The van der Waals surface area contributed by atoms with Crippen LogP contribution in [-0.2, 0) is 0 Å². The number of aryl methyl sites for hydroxylation is 1. The van der Waals surface area contributed by atoms with Crippen molar-refractivity contribution in [3.8, 4) is 6.07 Å². The van der Waals surface area contributed by atoms with Gasteiger partial charge in [0.15, 0.2) is 0 Å². The van der Waals surface area contributed by atoms with Crippen molar-refractivity contribution in [3.63, 3.8) is 0 Å². The van der Waals surface area contributed by atoms with E-state index < -0.39 is 0 Å². The van der Waals surface area contributed by atoms with Gasteiger partial charge in [0.2, 0.25) is 0 Å². The van der Waals surface area contributed by atoms with Crippen LogP contribution >= 0.6 is 0 Å². The molecule has 1 saturated carbocycles. The number of fused-ring (bicyclic) bond motifs is 1. The van der Waals surface area contributed by atoms with Gasteiger partial charge < -0.3 is 0 Å². The number of aromatic nitrogens is 2. The monoisotopic (exact) mass is 503 g/mol. The number of imidazole rings is 1. The van der Waals surface area contributed by atoms with Gasteiger partial charge >= 0.3 is 0 Å². The molecule has 4 heteroatoms. The standard InChI is InChI=1S/C32H28FN3.C2H6/c1-21(2)7-8-23-9-11-25(12-10-23)32(28-15-16-30-35-17-18-36(30)29(28)20-34)31(24-5-4-6-24)27-14-13-26(33)19-22(27)3;1-2/h7-19,24H,1,4-6H2,2-3H3;1-2H3/b8-7+,32-31+;. The van der Waals surface area contributed by atoms with Crippen molar-refractivity contribution >= 4 is 22.9 Å². The summed E-state index contributed by atoms with van der Waals surface area (Å²) in [5, 5.41) is 10.3. The van der Waals surface area contributed by atoms with Gasteiger partial charge in [0.25, 0.3) is 0 Å². The van der Waals surface area contributed by atoms with Gasteiger partial charge in [-0.25, -0.2) is 9.37 Å². The third kappa shape index (κ3) is 5.38. The lowest BCUT2D eigenvalue weighted by Crippen LogP contribution is -2.16. The lowest BCUT2D eigenvalue weighted by atomic mass is 9.72. The van der Waals surface area contributed by atoms with Crippen LogP contribution < -0.4 is 0 Å². The Labute approximate surface area is 225 Å². The number of allylic oxidation sites excluding steroid dienone is 3. The Morgan fingerprint density at radius 3 is 2.39 bits per heavy atom. The van der Waals surface area contributed by atoms with Crippen molar-refractivity contribution in [3.05, 3.63) is 125 Å². The predicted molar refractivity (Wildman–Crippen MR) is 156 cm³/mol. The number of hydrogen-bond donors (Lipinski definition) is 0. The number of nitrogens with zero attached hydrogens (tertiary/aromatic N) is 3. The van der Waals surface area contributed by atoms with Crippen LogP contribution in [0.25, 0.3) is 22.9 Å². The molecule has 0 spiro atoms. The van der Waals surface area contributed by atoms with Crippen LogP contribution in [0.5, 0.6) is 0 Å². The first-order valence-electron chi connectivity index (χ1n) is 13.3. The molecule has 0 aliphatic heterocycles. The minimum absolute atomic E-state index is 0.239. The molecule has 192 valence electrons. The van der Waals surface area contributed by atoms with Gasteiger partial charge in [-0.1, -0.05) is 74.9 Å². The molecule has 2 aromatic heterocycles. The zero-order chi connectivity index (χ0) is 27.2. The van der Waals surface area contributed by atoms with E-state index >= 15 is 0 Å². The van der Waals surface area contributed by atoms with Gasteiger partial charge in [0.1, 0.15) is 23.2 Å². The van der Waals surface area contributed by atoms with E-state index in [0.717, 1.165) is 63.9 Å². The number of pyridine rings is 1. The first-order chi connectivity index (χ1) is 18.5. The zero-order valence-electron chi connectivity index (χ0n) is 22.6. The SMILES string of the molecule is C=C(C)/C=C/c1ccc(/C(=C(\c2ccc(F)cc2C)C2CCC2)c2ccc3nccn3c2C#N)cc1.CC. The van der Waals surface area contributed by atoms with Crippen molar-refractivity contribution in [1.29, 1.82) is 5.26 Å². The Balaban J connectivity index is 0.00000164. The minimum Gasteiger partial charge on any atom is -0.290 e. The van der Waals surface area contributed by atoms with E-state index in [9.17, 15) is 9.65 Å². The molecule has 2 aromatic carbocycles. The lowest BCUT2D eigenvalue weighted by molar-refractivity contribution is 0.401. The fourth-order valence-corrected chi connectivity index (χ4v) is 4.95. The first kappa shape index (κ1) is 26.8. The van der Waals surface area contributed by atoms with E-state index in [2.05, 4.69) is 41.9 Å². The second kappa shape index (κ2) is 11.9. The van der Waals surface area contributed by atoms with Gasteiger partial charge in [0, 0.05) is 18.0 Å². The summed E-state index contributed by atoms with van der Waals surface area (Å²) in [4.78, 5) is 4.38. The van der Waals surface area contributed by atoms with E-state index in [0.29, 0.717) is 11.6 Å². The van der Waals surface area contributed by atoms with Crippen LogP contribution in [0.4, 0.5) is 4.39 Å². The minimum atomic E-state index is -0.239. The van der Waals surface area contributed by atoms with Crippen LogP contribution in [-0.4, -0.2) is 9.38 Å². The van der Waals surface area contributed by atoms with Crippen molar-refractivity contribution in [2.75, 3.05) is 0 Å². The number of rotatable bonds is 6. The number of benzene rings is 2. The second-order valence-corrected chi connectivity index (χ2v) is 9.54. The van der Waals surface area contributed by atoms with Gasteiger partial charge in [-0.05, 0) is 90.3 Å². The molecule has 0 N–H and O–H groups in total. The molecule has 38 heavy (non-hydrogen) atoms. The van der Waals surface area contributed by atoms with E-state index in [1.165, 1.54) is 11.6 Å². The van der Waals surface area contributed by atoms with Crippen LogP contribution in [0.15, 0.2) is 85.2 Å². The Morgan fingerprint density at radius 1 is 1.08 bits per heavy atom. The predicted octanol–water partition coefficient (Wildman–Crippen LogP) is 9.03. The van der Waals surface area contributed by atoms with E-state index in [1.807, 2.05) is 68.6 Å². The highest BCUT2D eigenvalue weighted by Crippen LogP contribution is 2.46. The van der Waals surface area contributed by atoms with Gasteiger partial charge in [-0.2, -0.15) is 5.26 Å². The van der Waals surface area contributed by atoms with Crippen molar-refractivity contribution in [2.24, 2.45) is 5.92 Å². The van der Waals surface area contributed by atoms with Crippen LogP contribution in [0.1, 0.15) is 73.5 Å². The highest BCUT2D eigenvalue weighted by molar-refractivity contribution is 6.01. The van der Waals surface area contributed by atoms with Crippen LogP contribution in [0, 0.1) is 30.0 Å². The summed E-state index contributed by atoms with van der Waals surface area (Å²) in [5.41, 5.74) is 9.39. The summed E-state index contributed by atoms with van der Waals surface area (Å²) in [6.07, 6.45) is 10.9. The molecule has 1 fully saturated rings. The number of halogens is 1. The lowest BCUT2D eigenvalue weighted by Gasteiger charge is -2.32. The molecule has 1 aliphatic carbocycles. The molecular weight excluding hydrogens is 469 g/mol. The molecule has 4 aromatic rings. The van der Waals surface area contributed by atoms with Crippen LogP contribution in [0.2, 0.25) is 0 Å². The van der Waals surface area contributed by atoms with Crippen molar-refractivity contribution in [1.82, 2.24) is 9.38 Å². The molecule has 0 atom stereocenters. The first-order valence-corrected chi connectivity index (χ1v) is 13.3. The Morgan fingerprint density at radius 2 is 1.79 bits per heavy atom. The molecule has 1 aliphatic rings. The average Bonchev–Trinajstić information content (AvgIpc) is 3.37. The highest BCUT2D eigenvalue weighted by Gasteiger charge is 2.29. The maximum absolute atomic E-state index is 14.1. The second-order valence-electron chi connectivity index (χ2n) is 9.54. The largest absolute Gasteiger partial charge is 0.290 e. The highest BCUT2D eigenvalue weighted by atomic mass is 19.1. The smallest absolute Gasteiger partial charge is 0.137 e. The van der Waals surface area contributed by atoms with Crippen molar-refractivity contribution in [2.45, 2.75) is 47.0 Å². The fraction of sp³-hybridized carbons (Fsp3) is 0.235. The average molecular weight is 504 g/mol. The summed E-state index contributed by atoms with van der Waals surface area (Å²) in [7, 11) is 0. The van der Waals surface area contributed by atoms with E-state index in [1.54, 1.807) is 12.3 Å². The molecule has 3 nitrogen and oxygen atoms in total. The maximum atomic E-state index is 14.1. The summed E-state index contributed by atoms with van der Waals surface area (Å²) < 4.78 is 15.9. The van der Waals surface area contributed by atoms with Gasteiger partial charge in [-0.3, -0.25) is 4.40 Å². The summed E-state index contributed by atoms with van der Waals surface area (Å²) in [6, 6.07) is 19.8. The normalized spacial score (nSPS) is 13.9. The molecule has 0 unspecified atom stereocenters. The van der Waals surface area contributed by atoms with E-state index in [-0.39, 0.29) is 5.82 Å². The molecule has 5 rings (SSSR count). The third-order valence-corrected chi connectivity index (χ3v) is 6.96. The molecule has 0 bridgehead atoms. The van der Waals surface area contributed by atoms with Gasteiger partial charge in [0.05, 0.1) is 0 Å². The number of hydrogen-bond acceptors (Lipinski definition) is 2. The Bertz CT molecular complexity index is 1560. The van der Waals surface area contributed by atoms with Crippen LogP contribution in [0.3, 0.4) is 0 Å². The number of nitriles is 1. The molecule has 0 saturated heterocycles. The zero-order valence-corrected chi connectivity index (χ0v) is 22.6. The summed E-state index contributed by atoms with van der Waals surface area (Å²) in [5.74, 6) is 0.106.